The highest BCUT2D eigenvalue weighted by Crippen LogP contribution is 2.32. The van der Waals surface area contributed by atoms with Gasteiger partial charge in [0, 0.05) is 17.5 Å². The number of anilines is 1. The predicted molar refractivity (Wildman–Crippen MR) is 81.1 cm³/mol. The van der Waals surface area contributed by atoms with Crippen LogP contribution in [0, 0.1) is 0 Å². The Bertz CT molecular complexity index is 562. The third-order valence-corrected chi connectivity index (χ3v) is 3.93. The Morgan fingerprint density at radius 1 is 1.00 bits per heavy atom. The van der Waals surface area contributed by atoms with Crippen LogP contribution in [0.4, 0.5) is 5.82 Å². The molecule has 0 saturated heterocycles. The normalized spacial score (nSPS) is 16.1. The molecule has 1 saturated carbocycles. The summed E-state index contributed by atoms with van der Waals surface area (Å²) in [6.45, 7) is 0. The van der Waals surface area contributed by atoms with Crippen molar-refractivity contribution in [1.82, 2.24) is 9.97 Å². The molecule has 0 atom stereocenters. The number of nitrogens with zero attached hydrogens (tertiary/aromatic N) is 2. The first kappa shape index (κ1) is 13.1. The summed E-state index contributed by atoms with van der Waals surface area (Å²) in [4.78, 5) is 9.32. The lowest BCUT2D eigenvalue weighted by Crippen LogP contribution is -2.14. The van der Waals surface area contributed by atoms with Crippen LogP contribution >= 0.6 is 0 Å². The van der Waals surface area contributed by atoms with Gasteiger partial charge in [-0.2, -0.15) is 0 Å². The van der Waals surface area contributed by atoms with E-state index in [-0.39, 0.29) is 0 Å². The molecule has 0 spiro atoms. The lowest BCUT2D eigenvalue weighted by atomic mass is 9.88. The number of benzene rings is 1. The zero-order valence-corrected chi connectivity index (χ0v) is 11.5. The quantitative estimate of drug-likeness (QED) is 0.661. The maximum Gasteiger partial charge on any atom is 0.144 e. The van der Waals surface area contributed by atoms with E-state index >= 15 is 0 Å². The highest BCUT2D eigenvalue weighted by Gasteiger charge is 2.19. The highest BCUT2D eigenvalue weighted by atomic mass is 15.3. The molecule has 0 unspecified atom stereocenters. The van der Waals surface area contributed by atoms with Crippen LogP contribution in [0.2, 0.25) is 0 Å². The summed E-state index contributed by atoms with van der Waals surface area (Å²) >= 11 is 0. The molecule has 2 aromatic rings. The maximum absolute atomic E-state index is 5.55. The average molecular weight is 268 g/mol. The molecule has 1 aliphatic rings. The smallest absolute Gasteiger partial charge is 0.144 e. The van der Waals surface area contributed by atoms with Crippen molar-refractivity contribution < 1.29 is 0 Å². The van der Waals surface area contributed by atoms with Gasteiger partial charge in [0.25, 0.3) is 0 Å². The molecule has 3 N–H and O–H groups in total. The Morgan fingerprint density at radius 3 is 2.45 bits per heavy atom. The van der Waals surface area contributed by atoms with Gasteiger partial charge in [-0.3, -0.25) is 0 Å². The number of rotatable bonds is 3. The molecular weight excluding hydrogens is 248 g/mol. The van der Waals surface area contributed by atoms with Crippen molar-refractivity contribution in [2.75, 3.05) is 5.43 Å². The van der Waals surface area contributed by atoms with E-state index < -0.39 is 0 Å². The van der Waals surface area contributed by atoms with Crippen LogP contribution in [0.3, 0.4) is 0 Å². The molecule has 0 radical (unpaired) electrons. The van der Waals surface area contributed by atoms with Gasteiger partial charge in [0.05, 0.1) is 5.69 Å². The third kappa shape index (κ3) is 2.80. The highest BCUT2D eigenvalue weighted by molar-refractivity contribution is 5.62. The molecule has 4 nitrogen and oxygen atoms in total. The fourth-order valence-corrected chi connectivity index (χ4v) is 2.84. The molecular formula is C16H20N4. The summed E-state index contributed by atoms with van der Waals surface area (Å²) in [6.07, 6.45) is 6.24. The Hall–Kier alpha value is -1.94. The fourth-order valence-electron chi connectivity index (χ4n) is 2.84. The topological polar surface area (TPSA) is 63.8 Å². The zero-order valence-electron chi connectivity index (χ0n) is 11.5. The molecule has 1 heterocycles. The zero-order chi connectivity index (χ0) is 13.8. The first-order chi connectivity index (χ1) is 9.86. The van der Waals surface area contributed by atoms with Crippen LogP contribution in [0.25, 0.3) is 11.3 Å². The van der Waals surface area contributed by atoms with Gasteiger partial charge in [0.2, 0.25) is 0 Å². The molecule has 0 bridgehead atoms. The van der Waals surface area contributed by atoms with Crippen LogP contribution in [-0.4, -0.2) is 9.97 Å². The van der Waals surface area contributed by atoms with Crippen molar-refractivity contribution in [3.8, 4) is 11.3 Å². The summed E-state index contributed by atoms with van der Waals surface area (Å²) in [5, 5.41) is 0. The van der Waals surface area contributed by atoms with E-state index in [1.807, 2.05) is 24.3 Å². The SMILES string of the molecule is NNc1cc(-c2ccccc2)nc(C2CCCCC2)n1. The van der Waals surface area contributed by atoms with E-state index in [0.29, 0.717) is 11.7 Å². The first-order valence-electron chi connectivity index (χ1n) is 7.28. The van der Waals surface area contributed by atoms with E-state index in [1.54, 1.807) is 0 Å². The predicted octanol–water partition coefficient (Wildman–Crippen LogP) is 3.48. The number of nitrogen functional groups attached to an aromatic ring is 1. The Morgan fingerprint density at radius 2 is 1.75 bits per heavy atom. The molecule has 1 aromatic carbocycles. The first-order valence-corrected chi connectivity index (χ1v) is 7.28. The van der Waals surface area contributed by atoms with E-state index in [2.05, 4.69) is 22.5 Å². The number of aromatic nitrogens is 2. The monoisotopic (exact) mass is 268 g/mol. The minimum atomic E-state index is 0.472. The average Bonchev–Trinajstić information content (AvgIpc) is 2.56. The van der Waals surface area contributed by atoms with Crippen LogP contribution in [-0.2, 0) is 0 Å². The molecule has 4 heteroatoms. The largest absolute Gasteiger partial charge is 0.308 e. The molecule has 0 aliphatic heterocycles. The fraction of sp³-hybridized carbons (Fsp3) is 0.375. The molecule has 1 fully saturated rings. The van der Waals surface area contributed by atoms with Gasteiger partial charge in [-0.15, -0.1) is 0 Å². The summed E-state index contributed by atoms with van der Waals surface area (Å²) in [5.74, 6) is 7.65. The Kier molecular flexibility index (Phi) is 3.92. The van der Waals surface area contributed by atoms with Crippen molar-refractivity contribution in [3.63, 3.8) is 0 Å². The second kappa shape index (κ2) is 6.01. The Balaban J connectivity index is 1.98. The number of nitrogens with one attached hydrogen (secondary N) is 1. The molecule has 1 aliphatic carbocycles. The molecule has 1 aromatic heterocycles. The van der Waals surface area contributed by atoms with Crippen molar-refractivity contribution in [1.29, 1.82) is 0 Å². The summed E-state index contributed by atoms with van der Waals surface area (Å²) in [7, 11) is 0. The summed E-state index contributed by atoms with van der Waals surface area (Å²) in [5.41, 5.74) is 4.70. The van der Waals surface area contributed by atoms with Gasteiger partial charge < -0.3 is 5.43 Å². The number of hydrogen-bond donors (Lipinski definition) is 2. The third-order valence-electron chi connectivity index (χ3n) is 3.93. The number of nitrogens with two attached hydrogens (primary N) is 1. The van der Waals surface area contributed by atoms with Gasteiger partial charge in [-0.05, 0) is 12.8 Å². The number of hydrogen-bond acceptors (Lipinski definition) is 4. The molecule has 0 amide bonds. The van der Waals surface area contributed by atoms with E-state index in [1.165, 1.54) is 32.1 Å². The van der Waals surface area contributed by atoms with Crippen LogP contribution in [0.1, 0.15) is 43.8 Å². The second-order valence-corrected chi connectivity index (χ2v) is 5.34. The standard InChI is InChI=1S/C16H20N4/c17-20-15-11-14(12-7-3-1-4-8-12)18-16(19-15)13-9-5-2-6-10-13/h1,3-4,7-8,11,13H,2,5-6,9-10,17H2,(H,18,19,20). The minimum Gasteiger partial charge on any atom is -0.308 e. The van der Waals surface area contributed by atoms with Gasteiger partial charge in [-0.1, -0.05) is 49.6 Å². The van der Waals surface area contributed by atoms with Gasteiger partial charge in [0.1, 0.15) is 11.6 Å². The van der Waals surface area contributed by atoms with E-state index in [0.717, 1.165) is 17.1 Å². The van der Waals surface area contributed by atoms with Crippen molar-refractivity contribution in [2.45, 2.75) is 38.0 Å². The van der Waals surface area contributed by atoms with Crippen molar-refractivity contribution in [3.05, 3.63) is 42.2 Å². The van der Waals surface area contributed by atoms with Crippen molar-refractivity contribution >= 4 is 5.82 Å². The molecule has 20 heavy (non-hydrogen) atoms. The number of hydrazine groups is 1. The van der Waals surface area contributed by atoms with Gasteiger partial charge >= 0.3 is 0 Å². The van der Waals surface area contributed by atoms with Crippen LogP contribution in [0.5, 0.6) is 0 Å². The van der Waals surface area contributed by atoms with Gasteiger partial charge in [-0.25, -0.2) is 15.8 Å². The minimum absolute atomic E-state index is 0.472. The van der Waals surface area contributed by atoms with Crippen LogP contribution in [0.15, 0.2) is 36.4 Å². The molecule has 3 rings (SSSR count). The summed E-state index contributed by atoms with van der Waals surface area (Å²) < 4.78 is 0. The molecule has 104 valence electrons. The van der Waals surface area contributed by atoms with E-state index in [4.69, 9.17) is 10.8 Å². The maximum atomic E-state index is 5.55. The lowest BCUT2D eigenvalue weighted by molar-refractivity contribution is 0.429. The van der Waals surface area contributed by atoms with E-state index in [9.17, 15) is 0 Å². The van der Waals surface area contributed by atoms with Gasteiger partial charge in [0.15, 0.2) is 0 Å². The van der Waals surface area contributed by atoms with Crippen molar-refractivity contribution in [2.24, 2.45) is 5.84 Å². The lowest BCUT2D eigenvalue weighted by Gasteiger charge is -2.21. The summed E-state index contributed by atoms with van der Waals surface area (Å²) in [6, 6.07) is 12.1. The Labute approximate surface area is 119 Å². The van der Waals surface area contributed by atoms with Crippen LogP contribution < -0.4 is 11.3 Å². The second-order valence-electron chi connectivity index (χ2n) is 5.34.